The largest absolute Gasteiger partial charge is 0.374 e. The van der Waals surface area contributed by atoms with Gasteiger partial charge in [-0.25, -0.2) is 0 Å². The lowest BCUT2D eigenvalue weighted by Crippen LogP contribution is -2.42. The highest BCUT2D eigenvalue weighted by atomic mass is 16.5. The number of hydrogen-bond acceptors (Lipinski definition) is 3. The first kappa shape index (κ1) is 13.1. The normalized spacial score (nSPS) is 33.2. The number of rotatable bonds is 5. The van der Waals surface area contributed by atoms with Crippen molar-refractivity contribution in [3.05, 3.63) is 17.5 Å². The highest BCUT2D eigenvalue weighted by Gasteiger charge is 2.51. The van der Waals surface area contributed by atoms with E-state index in [4.69, 9.17) is 10.5 Å². The molecule has 0 saturated carbocycles. The molecule has 3 atom stereocenters. The quantitative estimate of drug-likeness (QED) is 0.883. The Balaban J connectivity index is 1.85. The van der Waals surface area contributed by atoms with Gasteiger partial charge in [0.1, 0.15) is 0 Å². The average Bonchev–Trinajstić information content (AvgIpc) is 3.12. The topological polar surface area (TPSA) is 53.1 Å². The summed E-state index contributed by atoms with van der Waals surface area (Å²) in [5.74, 6) is 0. The average molecular weight is 263 g/mol. The summed E-state index contributed by atoms with van der Waals surface area (Å²) in [5.41, 5.74) is 8.80. The summed E-state index contributed by atoms with van der Waals surface area (Å²) in [5, 5.41) is 4.65. The van der Waals surface area contributed by atoms with Crippen LogP contribution >= 0.6 is 0 Å². The SMILES string of the molecule is CCc1cc(CC2(CN)CC3CCC2O3)n(CC)n1. The van der Waals surface area contributed by atoms with Crippen molar-refractivity contribution in [2.24, 2.45) is 11.1 Å². The van der Waals surface area contributed by atoms with Gasteiger partial charge in [-0.2, -0.15) is 5.10 Å². The number of fused-ring (bicyclic) bond motifs is 2. The van der Waals surface area contributed by atoms with Crippen LogP contribution < -0.4 is 5.73 Å². The van der Waals surface area contributed by atoms with Gasteiger partial charge in [0, 0.05) is 24.2 Å². The Kier molecular flexibility index (Phi) is 3.39. The summed E-state index contributed by atoms with van der Waals surface area (Å²) >= 11 is 0. The zero-order valence-electron chi connectivity index (χ0n) is 12.1. The van der Waals surface area contributed by atoms with Crippen LogP contribution in [0.5, 0.6) is 0 Å². The van der Waals surface area contributed by atoms with E-state index in [9.17, 15) is 0 Å². The number of nitrogens with two attached hydrogens (primary N) is 1. The monoisotopic (exact) mass is 263 g/mol. The van der Waals surface area contributed by atoms with Crippen molar-refractivity contribution < 1.29 is 4.74 Å². The van der Waals surface area contributed by atoms with Crippen LogP contribution in [-0.4, -0.2) is 28.5 Å². The third-order valence-corrected chi connectivity index (χ3v) is 4.94. The molecule has 0 radical (unpaired) electrons. The van der Waals surface area contributed by atoms with E-state index in [2.05, 4.69) is 29.7 Å². The fourth-order valence-electron chi connectivity index (χ4n) is 3.83. The zero-order valence-corrected chi connectivity index (χ0v) is 12.1. The maximum absolute atomic E-state index is 6.12. The van der Waals surface area contributed by atoms with Crippen LogP contribution in [0.2, 0.25) is 0 Å². The summed E-state index contributed by atoms with van der Waals surface area (Å²) in [6, 6.07) is 2.26. The highest BCUT2D eigenvalue weighted by Crippen LogP contribution is 2.49. The van der Waals surface area contributed by atoms with Crippen LogP contribution in [0.1, 0.15) is 44.5 Å². The van der Waals surface area contributed by atoms with Gasteiger partial charge < -0.3 is 10.5 Å². The van der Waals surface area contributed by atoms with Gasteiger partial charge in [0.25, 0.3) is 0 Å². The van der Waals surface area contributed by atoms with Crippen LogP contribution in [0.4, 0.5) is 0 Å². The molecule has 3 heterocycles. The predicted molar refractivity (Wildman–Crippen MR) is 75.0 cm³/mol. The first-order valence-corrected chi connectivity index (χ1v) is 7.62. The van der Waals surface area contributed by atoms with Crippen LogP contribution in [0, 0.1) is 5.41 Å². The van der Waals surface area contributed by atoms with Gasteiger partial charge in [-0.05, 0) is 45.1 Å². The summed E-state index contributed by atoms with van der Waals surface area (Å²) < 4.78 is 8.19. The van der Waals surface area contributed by atoms with E-state index >= 15 is 0 Å². The van der Waals surface area contributed by atoms with E-state index in [1.807, 2.05) is 0 Å². The fourth-order valence-corrected chi connectivity index (χ4v) is 3.83. The number of nitrogens with zero attached hydrogens (tertiary/aromatic N) is 2. The Bertz CT molecular complexity index is 456. The van der Waals surface area contributed by atoms with Crippen LogP contribution in [-0.2, 0) is 24.1 Å². The Labute approximate surface area is 115 Å². The predicted octanol–water partition coefficient (Wildman–Crippen LogP) is 1.90. The minimum absolute atomic E-state index is 0.154. The molecular formula is C15H25N3O. The van der Waals surface area contributed by atoms with Gasteiger partial charge in [-0.15, -0.1) is 0 Å². The molecule has 2 aliphatic rings. The maximum Gasteiger partial charge on any atom is 0.0652 e. The third-order valence-electron chi connectivity index (χ3n) is 4.94. The molecule has 2 aliphatic heterocycles. The van der Waals surface area contributed by atoms with Gasteiger partial charge in [-0.1, -0.05) is 6.92 Å². The molecule has 0 spiro atoms. The van der Waals surface area contributed by atoms with Crippen molar-refractivity contribution in [1.29, 1.82) is 0 Å². The second-order valence-electron chi connectivity index (χ2n) is 6.07. The molecule has 3 rings (SSSR count). The molecular weight excluding hydrogens is 238 g/mol. The molecule has 106 valence electrons. The van der Waals surface area contributed by atoms with E-state index in [-0.39, 0.29) is 5.41 Å². The van der Waals surface area contributed by atoms with Gasteiger partial charge >= 0.3 is 0 Å². The molecule has 4 nitrogen and oxygen atoms in total. The van der Waals surface area contributed by atoms with Crippen molar-refractivity contribution in [3.8, 4) is 0 Å². The molecule has 0 aromatic carbocycles. The molecule has 1 aromatic heterocycles. The van der Waals surface area contributed by atoms with Crippen molar-refractivity contribution in [3.63, 3.8) is 0 Å². The fraction of sp³-hybridized carbons (Fsp3) is 0.800. The van der Waals surface area contributed by atoms with Gasteiger partial charge in [0.05, 0.1) is 17.9 Å². The van der Waals surface area contributed by atoms with Gasteiger partial charge in [0.2, 0.25) is 0 Å². The smallest absolute Gasteiger partial charge is 0.0652 e. The Morgan fingerprint density at radius 3 is 2.84 bits per heavy atom. The van der Waals surface area contributed by atoms with E-state index < -0.39 is 0 Å². The molecule has 2 bridgehead atoms. The number of ether oxygens (including phenoxy) is 1. The highest BCUT2D eigenvalue weighted by molar-refractivity contribution is 5.16. The first-order valence-electron chi connectivity index (χ1n) is 7.62. The lowest BCUT2D eigenvalue weighted by molar-refractivity contribution is 0.0628. The zero-order chi connectivity index (χ0) is 13.5. The lowest BCUT2D eigenvalue weighted by atomic mass is 9.71. The first-order chi connectivity index (χ1) is 9.20. The molecule has 1 aromatic rings. The Morgan fingerprint density at radius 2 is 2.32 bits per heavy atom. The van der Waals surface area contributed by atoms with E-state index in [0.717, 1.165) is 32.4 Å². The van der Waals surface area contributed by atoms with E-state index in [1.165, 1.54) is 24.2 Å². The minimum Gasteiger partial charge on any atom is -0.374 e. The van der Waals surface area contributed by atoms with Crippen molar-refractivity contribution in [2.75, 3.05) is 6.54 Å². The van der Waals surface area contributed by atoms with Crippen molar-refractivity contribution >= 4 is 0 Å². The minimum atomic E-state index is 0.154. The van der Waals surface area contributed by atoms with Crippen LogP contribution in [0.15, 0.2) is 6.07 Å². The molecule has 4 heteroatoms. The van der Waals surface area contributed by atoms with E-state index in [0.29, 0.717) is 12.2 Å². The second kappa shape index (κ2) is 4.91. The third kappa shape index (κ3) is 2.11. The molecule has 0 amide bonds. The van der Waals surface area contributed by atoms with Crippen molar-refractivity contribution in [1.82, 2.24) is 9.78 Å². The van der Waals surface area contributed by atoms with Crippen LogP contribution in [0.3, 0.4) is 0 Å². The van der Waals surface area contributed by atoms with E-state index in [1.54, 1.807) is 0 Å². The molecule has 19 heavy (non-hydrogen) atoms. The number of aryl methyl sites for hydroxylation is 2. The second-order valence-corrected chi connectivity index (χ2v) is 6.07. The Hall–Kier alpha value is -0.870. The molecule has 0 aliphatic carbocycles. The van der Waals surface area contributed by atoms with Crippen molar-refractivity contribution in [2.45, 2.75) is 64.7 Å². The standard InChI is InChI=1S/C15H25N3O/c1-3-11-7-12(18(4-2)17-11)8-15(10-16)9-13-5-6-14(15)19-13/h7,13-14H,3-6,8-10,16H2,1-2H3. The Morgan fingerprint density at radius 1 is 1.47 bits per heavy atom. The van der Waals surface area contributed by atoms with Gasteiger partial charge in [-0.3, -0.25) is 4.68 Å². The molecule has 2 fully saturated rings. The maximum atomic E-state index is 6.12. The number of aromatic nitrogens is 2. The lowest BCUT2D eigenvalue weighted by Gasteiger charge is -2.34. The number of hydrogen-bond donors (Lipinski definition) is 1. The summed E-state index contributed by atoms with van der Waals surface area (Å²) in [7, 11) is 0. The van der Waals surface area contributed by atoms with Crippen LogP contribution in [0.25, 0.3) is 0 Å². The molecule has 2 N–H and O–H groups in total. The summed E-state index contributed by atoms with van der Waals surface area (Å²) in [6.45, 7) is 5.98. The summed E-state index contributed by atoms with van der Waals surface area (Å²) in [4.78, 5) is 0. The molecule has 2 saturated heterocycles. The van der Waals surface area contributed by atoms with Gasteiger partial charge in [0.15, 0.2) is 0 Å². The molecule has 3 unspecified atom stereocenters. The summed E-state index contributed by atoms with van der Waals surface area (Å²) in [6.07, 6.45) is 6.38.